The van der Waals surface area contributed by atoms with E-state index in [1.165, 1.54) is 0 Å². The summed E-state index contributed by atoms with van der Waals surface area (Å²) < 4.78 is 9.74. The van der Waals surface area contributed by atoms with Gasteiger partial charge in [-0.1, -0.05) is 42.5 Å². The number of ketones is 1. The smallest absolute Gasteiger partial charge is 0.216 e. The van der Waals surface area contributed by atoms with E-state index in [-0.39, 0.29) is 30.6 Å². The molecule has 2 aromatic carbocycles. The van der Waals surface area contributed by atoms with Crippen molar-refractivity contribution in [2.75, 3.05) is 32.8 Å². The van der Waals surface area contributed by atoms with E-state index < -0.39 is 0 Å². The predicted octanol–water partition coefficient (Wildman–Crippen LogP) is 4.33. The quantitative estimate of drug-likeness (QED) is 0.415. The molecule has 0 amide bonds. The molecule has 3 heterocycles. The second kappa shape index (κ2) is 9.83. The molecule has 2 aromatic heterocycles. The van der Waals surface area contributed by atoms with Crippen LogP contribution in [0.5, 0.6) is 0 Å². The van der Waals surface area contributed by atoms with Crippen LogP contribution in [0, 0.1) is 0 Å². The van der Waals surface area contributed by atoms with Crippen LogP contribution in [0.1, 0.15) is 17.4 Å². The minimum atomic E-state index is 0. The van der Waals surface area contributed by atoms with Crippen molar-refractivity contribution in [3.05, 3.63) is 60.3 Å². The highest BCUT2D eigenvalue weighted by molar-refractivity contribution is 6.01. The molecule has 4 aromatic rings. The lowest BCUT2D eigenvalue weighted by Crippen LogP contribution is -2.38. The number of benzene rings is 2. The van der Waals surface area contributed by atoms with Crippen molar-refractivity contribution in [1.29, 1.82) is 0 Å². The van der Waals surface area contributed by atoms with Crippen LogP contribution >= 0.6 is 24.8 Å². The lowest BCUT2D eigenvalue weighted by Gasteiger charge is -2.26. The number of aromatic nitrogens is 3. The zero-order chi connectivity index (χ0) is 19.8. The second-order valence-corrected chi connectivity index (χ2v) is 7.46. The Labute approximate surface area is 193 Å². The molecule has 0 aliphatic carbocycles. The Hall–Kier alpha value is -2.38. The van der Waals surface area contributed by atoms with Crippen molar-refractivity contribution in [1.82, 2.24) is 18.9 Å². The molecule has 0 unspecified atom stereocenters. The fraction of sp³-hybridized carbons (Fsp3) is 0.304. The summed E-state index contributed by atoms with van der Waals surface area (Å²) in [5.74, 6) is 0.843. The third-order valence-electron chi connectivity index (χ3n) is 5.64. The molecular weight excluding hydrogens is 435 g/mol. The molecule has 31 heavy (non-hydrogen) atoms. The molecule has 164 valence electrons. The van der Waals surface area contributed by atoms with E-state index in [0.717, 1.165) is 67.5 Å². The zero-order valence-electron chi connectivity index (χ0n) is 17.4. The number of morpholine rings is 1. The van der Waals surface area contributed by atoms with Crippen LogP contribution < -0.4 is 0 Å². The first kappa shape index (κ1) is 23.3. The zero-order valence-corrected chi connectivity index (χ0v) is 19.0. The van der Waals surface area contributed by atoms with E-state index in [4.69, 9.17) is 9.72 Å². The van der Waals surface area contributed by atoms with E-state index in [1.807, 2.05) is 46.9 Å². The summed E-state index contributed by atoms with van der Waals surface area (Å²) in [6, 6.07) is 18.2. The molecule has 5 rings (SSSR count). The summed E-state index contributed by atoms with van der Waals surface area (Å²) in [6.45, 7) is 6.86. The van der Waals surface area contributed by atoms with Gasteiger partial charge in [0.15, 0.2) is 5.78 Å². The van der Waals surface area contributed by atoms with Gasteiger partial charge in [-0.05, 0) is 12.1 Å². The fourth-order valence-corrected chi connectivity index (χ4v) is 4.22. The van der Waals surface area contributed by atoms with Gasteiger partial charge in [-0.2, -0.15) is 0 Å². The Balaban J connectivity index is 0.00000136. The maximum Gasteiger partial charge on any atom is 0.216 e. The lowest BCUT2D eigenvalue weighted by atomic mass is 10.1. The number of imidazole rings is 2. The normalized spacial score (nSPS) is 14.4. The minimum absolute atomic E-state index is 0. The van der Waals surface area contributed by atoms with Gasteiger partial charge in [-0.15, -0.1) is 24.8 Å². The van der Waals surface area contributed by atoms with E-state index in [9.17, 15) is 4.79 Å². The molecule has 0 atom stereocenters. The highest BCUT2D eigenvalue weighted by Crippen LogP contribution is 2.30. The van der Waals surface area contributed by atoms with E-state index in [1.54, 1.807) is 6.92 Å². The fourth-order valence-electron chi connectivity index (χ4n) is 4.22. The van der Waals surface area contributed by atoms with Gasteiger partial charge in [-0.25, -0.2) is 4.98 Å². The molecule has 1 fully saturated rings. The monoisotopic (exact) mass is 460 g/mol. The molecule has 0 N–H and O–H groups in total. The topological polar surface area (TPSA) is 51.8 Å². The van der Waals surface area contributed by atoms with Gasteiger partial charge in [0.05, 0.1) is 24.2 Å². The molecule has 1 saturated heterocycles. The standard InChI is InChI=1S/C23H24N4O2.2ClH/c1-17(28)22-21(18-7-3-2-4-8-18)24-23-26(12-11-25-13-15-29-16-14-25)19-9-5-6-10-20(19)27(22)23;;/h2-10H,11-16H2,1H3;2*1H. The average molecular weight is 461 g/mol. The third-order valence-corrected chi connectivity index (χ3v) is 5.64. The lowest BCUT2D eigenvalue weighted by molar-refractivity contribution is 0.0366. The van der Waals surface area contributed by atoms with E-state index in [0.29, 0.717) is 5.69 Å². The first-order valence-corrected chi connectivity index (χ1v) is 10.1. The summed E-state index contributed by atoms with van der Waals surface area (Å²) in [7, 11) is 0. The van der Waals surface area contributed by atoms with Gasteiger partial charge in [0, 0.05) is 38.7 Å². The van der Waals surface area contributed by atoms with Crippen molar-refractivity contribution in [3.63, 3.8) is 0 Å². The number of nitrogens with zero attached hydrogens (tertiary/aromatic N) is 4. The number of Topliss-reactive ketones (excluding diaryl/α,β-unsaturated/α-hetero) is 1. The number of halogens is 2. The van der Waals surface area contributed by atoms with Crippen LogP contribution in [0.25, 0.3) is 28.1 Å². The Kier molecular flexibility index (Phi) is 7.38. The first-order chi connectivity index (χ1) is 14.2. The Bertz CT molecular complexity index is 1180. The summed E-state index contributed by atoms with van der Waals surface area (Å²) in [6.07, 6.45) is 0. The Morgan fingerprint density at radius 2 is 1.58 bits per heavy atom. The van der Waals surface area contributed by atoms with Crippen LogP contribution in [0.4, 0.5) is 0 Å². The molecule has 0 saturated carbocycles. The van der Waals surface area contributed by atoms with Gasteiger partial charge >= 0.3 is 0 Å². The maximum absolute atomic E-state index is 12.7. The second-order valence-electron chi connectivity index (χ2n) is 7.46. The molecule has 0 bridgehead atoms. The summed E-state index contributed by atoms with van der Waals surface area (Å²) >= 11 is 0. The molecule has 0 spiro atoms. The van der Waals surface area contributed by atoms with Crippen LogP contribution in [-0.4, -0.2) is 57.5 Å². The van der Waals surface area contributed by atoms with Crippen molar-refractivity contribution in [2.45, 2.75) is 13.5 Å². The summed E-state index contributed by atoms with van der Waals surface area (Å²) in [5, 5.41) is 0. The molecule has 8 heteroatoms. The SMILES string of the molecule is CC(=O)c1c(-c2ccccc2)nc2n(CCN3CCOCC3)c3ccccc3n12.Cl.Cl. The van der Waals surface area contributed by atoms with Crippen molar-refractivity contribution < 1.29 is 9.53 Å². The maximum atomic E-state index is 12.7. The Morgan fingerprint density at radius 3 is 2.26 bits per heavy atom. The summed E-state index contributed by atoms with van der Waals surface area (Å²) in [5.41, 5.74) is 4.48. The number of hydrogen-bond acceptors (Lipinski definition) is 4. The van der Waals surface area contributed by atoms with Gasteiger partial charge in [0.2, 0.25) is 5.78 Å². The molecular formula is C23H26Cl2N4O2. The molecule has 6 nitrogen and oxygen atoms in total. The van der Waals surface area contributed by atoms with E-state index in [2.05, 4.69) is 21.6 Å². The van der Waals surface area contributed by atoms with Gasteiger partial charge in [0.25, 0.3) is 0 Å². The number of carbonyl (C=O) groups is 1. The van der Waals surface area contributed by atoms with Crippen LogP contribution in [0.3, 0.4) is 0 Å². The van der Waals surface area contributed by atoms with Crippen LogP contribution in [0.2, 0.25) is 0 Å². The number of fused-ring (bicyclic) bond motifs is 3. The van der Waals surface area contributed by atoms with Gasteiger partial charge in [-0.3, -0.25) is 14.1 Å². The van der Waals surface area contributed by atoms with Gasteiger partial charge in [0.1, 0.15) is 11.4 Å². The number of hydrogen-bond donors (Lipinski definition) is 0. The first-order valence-electron chi connectivity index (χ1n) is 10.1. The number of para-hydroxylation sites is 2. The average Bonchev–Trinajstić information content (AvgIpc) is 3.29. The highest BCUT2D eigenvalue weighted by atomic mass is 35.5. The Morgan fingerprint density at radius 1 is 0.935 bits per heavy atom. The number of carbonyl (C=O) groups excluding carboxylic acids is 1. The van der Waals surface area contributed by atoms with Crippen molar-refractivity contribution >= 4 is 47.4 Å². The molecule has 1 aliphatic rings. The highest BCUT2D eigenvalue weighted by Gasteiger charge is 2.23. The molecule has 0 radical (unpaired) electrons. The predicted molar refractivity (Wildman–Crippen MR) is 128 cm³/mol. The van der Waals surface area contributed by atoms with Gasteiger partial charge < -0.3 is 9.30 Å². The third kappa shape index (κ3) is 4.21. The molecule has 1 aliphatic heterocycles. The van der Waals surface area contributed by atoms with Crippen LogP contribution in [-0.2, 0) is 11.3 Å². The number of ether oxygens (including phenoxy) is 1. The van der Waals surface area contributed by atoms with Crippen molar-refractivity contribution in [2.24, 2.45) is 0 Å². The van der Waals surface area contributed by atoms with E-state index >= 15 is 0 Å². The minimum Gasteiger partial charge on any atom is -0.379 e. The largest absolute Gasteiger partial charge is 0.379 e. The number of rotatable bonds is 5. The van der Waals surface area contributed by atoms with Crippen molar-refractivity contribution in [3.8, 4) is 11.3 Å². The summed E-state index contributed by atoms with van der Waals surface area (Å²) in [4.78, 5) is 20.1. The van der Waals surface area contributed by atoms with Crippen LogP contribution in [0.15, 0.2) is 54.6 Å².